The van der Waals surface area contributed by atoms with Crippen LogP contribution in [0.2, 0.25) is 0 Å². The van der Waals surface area contributed by atoms with Crippen molar-refractivity contribution < 1.29 is 14.0 Å². The number of nitrogens with one attached hydrogen (secondary N) is 2. The van der Waals surface area contributed by atoms with E-state index < -0.39 is 6.04 Å². The van der Waals surface area contributed by atoms with E-state index in [2.05, 4.69) is 10.6 Å². The van der Waals surface area contributed by atoms with E-state index in [0.717, 1.165) is 5.56 Å². The molecule has 2 N–H and O–H groups in total. The molecule has 0 radical (unpaired) electrons. The van der Waals surface area contributed by atoms with E-state index in [4.69, 9.17) is 4.42 Å². The number of furan rings is 1. The summed E-state index contributed by atoms with van der Waals surface area (Å²) in [6, 6.07) is 21.6. The van der Waals surface area contributed by atoms with Gasteiger partial charge in [-0.2, -0.15) is 0 Å². The van der Waals surface area contributed by atoms with E-state index in [1.54, 1.807) is 30.5 Å². The normalized spacial score (nSPS) is 11.5. The van der Waals surface area contributed by atoms with Crippen molar-refractivity contribution >= 4 is 11.8 Å². The minimum atomic E-state index is -0.416. The molecule has 0 saturated carbocycles. The predicted octanol–water partition coefficient (Wildman–Crippen LogP) is 3.46. The Morgan fingerprint density at radius 2 is 1.58 bits per heavy atom. The van der Waals surface area contributed by atoms with Gasteiger partial charge in [0.05, 0.1) is 25.3 Å². The van der Waals surface area contributed by atoms with Crippen molar-refractivity contribution in [2.45, 2.75) is 19.0 Å². The molecule has 132 valence electrons. The highest BCUT2D eigenvalue weighted by atomic mass is 16.3. The van der Waals surface area contributed by atoms with Crippen LogP contribution in [0.4, 0.5) is 0 Å². The Balaban J connectivity index is 1.67. The summed E-state index contributed by atoms with van der Waals surface area (Å²) in [5.41, 5.74) is 1.44. The zero-order valence-electron chi connectivity index (χ0n) is 14.2. The van der Waals surface area contributed by atoms with Crippen LogP contribution in [0.25, 0.3) is 0 Å². The average Bonchev–Trinajstić information content (AvgIpc) is 3.21. The summed E-state index contributed by atoms with van der Waals surface area (Å²) >= 11 is 0. The van der Waals surface area contributed by atoms with Gasteiger partial charge in [0.1, 0.15) is 5.76 Å². The maximum absolute atomic E-state index is 12.5. The van der Waals surface area contributed by atoms with Gasteiger partial charge >= 0.3 is 0 Å². The zero-order valence-corrected chi connectivity index (χ0v) is 14.2. The first-order valence-corrected chi connectivity index (χ1v) is 8.42. The van der Waals surface area contributed by atoms with Gasteiger partial charge in [-0.15, -0.1) is 0 Å². The van der Waals surface area contributed by atoms with Crippen molar-refractivity contribution in [3.05, 3.63) is 95.9 Å². The molecule has 0 aliphatic carbocycles. The van der Waals surface area contributed by atoms with Crippen molar-refractivity contribution in [1.82, 2.24) is 10.6 Å². The van der Waals surface area contributed by atoms with E-state index in [9.17, 15) is 9.59 Å². The predicted molar refractivity (Wildman–Crippen MR) is 98.3 cm³/mol. The molecule has 5 heteroatoms. The van der Waals surface area contributed by atoms with Crippen LogP contribution in [0, 0.1) is 0 Å². The third kappa shape index (κ3) is 4.83. The molecule has 26 heavy (non-hydrogen) atoms. The molecule has 2 amide bonds. The number of rotatable bonds is 7. The van der Waals surface area contributed by atoms with Crippen LogP contribution in [-0.2, 0) is 11.3 Å². The quantitative estimate of drug-likeness (QED) is 0.687. The van der Waals surface area contributed by atoms with Crippen molar-refractivity contribution in [2.75, 3.05) is 0 Å². The SMILES string of the molecule is O=C(C[C@@H](NC(=O)c1ccccc1)c1ccccc1)NCc1ccco1. The summed E-state index contributed by atoms with van der Waals surface area (Å²) in [5.74, 6) is 0.310. The molecule has 0 bridgehead atoms. The fourth-order valence-electron chi connectivity index (χ4n) is 2.63. The van der Waals surface area contributed by atoms with Crippen molar-refractivity contribution in [3.63, 3.8) is 0 Å². The molecule has 1 aromatic heterocycles. The van der Waals surface area contributed by atoms with E-state index in [0.29, 0.717) is 17.9 Å². The van der Waals surface area contributed by atoms with Gasteiger partial charge in [-0.1, -0.05) is 48.5 Å². The lowest BCUT2D eigenvalue weighted by Gasteiger charge is -2.19. The molecular formula is C21H20N2O3. The third-order valence-corrected chi connectivity index (χ3v) is 3.97. The number of carbonyl (C=O) groups excluding carboxylic acids is 2. The molecule has 2 aromatic carbocycles. The first-order chi connectivity index (χ1) is 12.7. The topological polar surface area (TPSA) is 71.3 Å². The summed E-state index contributed by atoms with van der Waals surface area (Å²) in [4.78, 5) is 24.8. The Hall–Kier alpha value is -3.34. The Bertz CT molecular complexity index is 830. The second-order valence-corrected chi connectivity index (χ2v) is 5.86. The van der Waals surface area contributed by atoms with Gasteiger partial charge in [-0.05, 0) is 29.8 Å². The van der Waals surface area contributed by atoms with Crippen molar-refractivity contribution in [2.24, 2.45) is 0 Å². The number of benzene rings is 2. The van der Waals surface area contributed by atoms with Crippen molar-refractivity contribution in [1.29, 1.82) is 0 Å². The zero-order chi connectivity index (χ0) is 18.2. The highest BCUT2D eigenvalue weighted by molar-refractivity contribution is 5.94. The van der Waals surface area contributed by atoms with E-state index in [-0.39, 0.29) is 18.2 Å². The Kier molecular flexibility index (Phi) is 5.83. The summed E-state index contributed by atoms with van der Waals surface area (Å²) in [6.45, 7) is 0.319. The molecule has 3 aromatic rings. The molecule has 0 saturated heterocycles. The van der Waals surface area contributed by atoms with Gasteiger partial charge in [0, 0.05) is 5.56 Å². The first kappa shape index (κ1) is 17.5. The number of hydrogen-bond acceptors (Lipinski definition) is 3. The molecule has 3 rings (SSSR count). The molecule has 0 aliphatic heterocycles. The Morgan fingerprint density at radius 1 is 0.885 bits per heavy atom. The van der Waals surface area contributed by atoms with Gasteiger partial charge in [0.2, 0.25) is 5.91 Å². The molecule has 0 spiro atoms. The molecule has 1 atom stereocenters. The standard InChI is InChI=1S/C21H20N2O3/c24-20(22-15-18-12-7-13-26-18)14-19(16-8-3-1-4-9-16)23-21(25)17-10-5-2-6-11-17/h1-13,19H,14-15H2,(H,22,24)(H,23,25)/t19-/m1/s1. The van der Waals surface area contributed by atoms with Crippen LogP contribution >= 0.6 is 0 Å². The third-order valence-electron chi connectivity index (χ3n) is 3.97. The molecule has 0 aliphatic rings. The highest BCUT2D eigenvalue weighted by Gasteiger charge is 2.19. The van der Waals surface area contributed by atoms with Crippen LogP contribution < -0.4 is 10.6 Å². The van der Waals surface area contributed by atoms with Crippen molar-refractivity contribution in [3.8, 4) is 0 Å². The lowest BCUT2D eigenvalue weighted by Crippen LogP contribution is -2.33. The minimum Gasteiger partial charge on any atom is -0.467 e. The maximum Gasteiger partial charge on any atom is 0.251 e. The fourth-order valence-corrected chi connectivity index (χ4v) is 2.63. The number of hydrogen-bond donors (Lipinski definition) is 2. The van der Waals surface area contributed by atoms with Crippen LogP contribution in [0.1, 0.15) is 34.1 Å². The second kappa shape index (κ2) is 8.67. The monoisotopic (exact) mass is 348 g/mol. The molecule has 0 unspecified atom stereocenters. The Labute approximate surface area is 152 Å². The van der Waals surface area contributed by atoms with E-state index in [1.165, 1.54) is 0 Å². The second-order valence-electron chi connectivity index (χ2n) is 5.86. The Morgan fingerprint density at radius 3 is 2.23 bits per heavy atom. The van der Waals surface area contributed by atoms with Gasteiger partial charge in [-0.3, -0.25) is 9.59 Å². The first-order valence-electron chi connectivity index (χ1n) is 8.42. The van der Waals surface area contributed by atoms with Gasteiger partial charge in [0.15, 0.2) is 0 Å². The molecular weight excluding hydrogens is 328 g/mol. The summed E-state index contributed by atoms with van der Waals surface area (Å²) in [7, 11) is 0. The molecule has 0 fully saturated rings. The minimum absolute atomic E-state index is 0.142. The van der Waals surface area contributed by atoms with E-state index in [1.807, 2.05) is 48.5 Å². The summed E-state index contributed by atoms with van der Waals surface area (Å²) < 4.78 is 5.21. The fraction of sp³-hybridized carbons (Fsp3) is 0.143. The lowest BCUT2D eigenvalue weighted by molar-refractivity contribution is -0.121. The smallest absolute Gasteiger partial charge is 0.251 e. The number of amides is 2. The van der Waals surface area contributed by atoms with Gasteiger partial charge in [0.25, 0.3) is 5.91 Å². The number of carbonyl (C=O) groups is 2. The van der Waals surface area contributed by atoms with Gasteiger partial charge < -0.3 is 15.1 Å². The van der Waals surface area contributed by atoms with Crippen LogP contribution in [0.3, 0.4) is 0 Å². The molecule has 5 nitrogen and oxygen atoms in total. The maximum atomic E-state index is 12.5. The largest absolute Gasteiger partial charge is 0.467 e. The summed E-state index contributed by atoms with van der Waals surface area (Å²) in [5, 5.41) is 5.76. The average molecular weight is 348 g/mol. The van der Waals surface area contributed by atoms with Gasteiger partial charge in [-0.25, -0.2) is 0 Å². The van der Waals surface area contributed by atoms with E-state index >= 15 is 0 Å². The van der Waals surface area contributed by atoms with Crippen LogP contribution in [0.5, 0.6) is 0 Å². The lowest BCUT2D eigenvalue weighted by atomic mass is 10.0. The van der Waals surface area contributed by atoms with Crippen LogP contribution in [0.15, 0.2) is 83.5 Å². The van der Waals surface area contributed by atoms with Crippen LogP contribution in [-0.4, -0.2) is 11.8 Å². The highest BCUT2D eigenvalue weighted by Crippen LogP contribution is 2.17. The molecule has 1 heterocycles. The summed E-state index contributed by atoms with van der Waals surface area (Å²) in [6.07, 6.45) is 1.71.